The summed E-state index contributed by atoms with van der Waals surface area (Å²) in [6, 6.07) is 9.78. The van der Waals surface area contributed by atoms with E-state index in [2.05, 4.69) is 26.1 Å². The molecule has 5 heteroatoms. The van der Waals surface area contributed by atoms with Crippen molar-refractivity contribution in [1.82, 2.24) is 15.1 Å². The van der Waals surface area contributed by atoms with Gasteiger partial charge in [-0.05, 0) is 17.4 Å². The Bertz CT molecular complexity index is 551. The molecule has 1 aliphatic rings. The molecule has 1 heterocycles. The number of nitrogens with one attached hydrogen (secondary N) is 1. The molecular formula is C19H29N3O2. The first-order valence-corrected chi connectivity index (χ1v) is 8.70. The standard InChI is InChI=1S/C19H29N3O2/c1-19(2,3)15-20-18(24)22-11-7-10-21(12-13-22)17(23)14-16-8-5-4-6-9-16/h4-6,8-9H,7,10-15H2,1-3H3,(H,20,24). The van der Waals surface area contributed by atoms with Crippen LogP contribution in [0.1, 0.15) is 32.8 Å². The lowest BCUT2D eigenvalue weighted by atomic mass is 9.97. The van der Waals surface area contributed by atoms with Crippen LogP contribution in [0.5, 0.6) is 0 Å². The summed E-state index contributed by atoms with van der Waals surface area (Å²) >= 11 is 0. The average molecular weight is 331 g/mol. The lowest BCUT2D eigenvalue weighted by Gasteiger charge is -2.25. The number of hydrogen-bond acceptors (Lipinski definition) is 2. The van der Waals surface area contributed by atoms with Gasteiger partial charge in [0.25, 0.3) is 0 Å². The predicted molar refractivity (Wildman–Crippen MR) is 95.8 cm³/mol. The minimum absolute atomic E-state index is 0.0257. The molecule has 24 heavy (non-hydrogen) atoms. The fraction of sp³-hybridized carbons (Fsp3) is 0.579. The second-order valence-corrected chi connectivity index (χ2v) is 7.60. The maximum atomic E-state index is 12.5. The zero-order valence-corrected chi connectivity index (χ0v) is 15.0. The number of hydrogen-bond donors (Lipinski definition) is 1. The van der Waals surface area contributed by atoms with Gasteiger partial charge in [-0.1, -0.05) is 51.1 Å². The minimum Gasteiger partial charge on any atom is -0.341 e. The summed E-state index contributed by atoms with van der Waals surface area (Å²) in [7, 11) is 0. The monoisotopic (exact) mass is 331 g/mol. The highest BCUT2D eigenvalue weighted by atomic mass is 16.2. The van der Waals surface area contributed by atoms with E-state index in [1.807, 2.05) is 40.1 Å². The number of urea groups is 1. The van der Waals surface area contributed by atoms with Crippen LogP contribution in [0.25, 0.3) is 0 Å². The normalized spacial score (nSPS) is 15.8. The van der Waals surface area contributed by atoms with E-state index < -0.39 is 0 Å². The fourth-order valence-corrected chi connectivity index (χ4v) is 2.70. The third kappa shape index (κ3) is 5.87. The van der Waals surface area contributed by atoms with Crippen LogP contribution in [0.3, 0.4) is 0 Å². The highest BCUT2D eigenvalue weighted by molar-refractivity contribution is 5.79. The van der Waals surface area contributed by atoms with Crippen LogP contribution < -0.4 is 5.32 Å². The number of amides is 3. The van der Waals surface area contributed by atoms with Gasteiger partial charge in [0.1, 0.15) is 0 Å². The maximum absolute atomic E-state index is 12.5. The van der Waals surface area contributed by atoms with Crippen molar-refractivity contribution in [2.24, 2.45) is 5.41 Å². The number of carbonyl (C=O) groups is 2. The average Bonchev–Trinajstić information content (AvgIpc) is 2.79. The summed E-state index contributed by atoms with van der Waals surface area (Å²) in [5.41, 5.74) is 1.10. The first-order chi connectivity index (χ1) is 11.3. The Kier molecular flexibility index (Phi) is 6.23. The largest absolute Gasteiger partial charge is 0.341 e. The third-order valence-electron chi connectivity index (χ3n) is 4.10. The highest BCUT2D eigenvalue weighted by Crippen LogP contribution is 2.11. The molecule has 0 atom stereocenters. The molecule has 0 aromatic heterocycles. The van der Waals surface area contributed by atoms with E-state index in [4.69, 9.17) is 0 Å². The SMILES string of the molecule is CC(C)(C)CNC(=O)N1CCCN(C(=O)Cc2ccccc2)CC1. The lowest BCUT2D eigenvalue weighted by Crippen LogP contribution is -2.45. The zero-order valence-electron chi connectivity index (χ0n) is 15.0. The van der Waals surface area contributed by atoms with Crippen LogP contribution in [0.15, 0.2) is 30.3 Å². The van der Waals surface area contributed by atoms with Crippen LogP contribution in [-0.4, -0.2) is 54.5 Å². The van der Waals surface area contributed by atoms with Gasteiger partial charge in [-0.3, -0.25) is 4.79 Å². The molecule has 0 saturated carbocycles. The van der Waals surface area contributed by atoms with Crippen molar-refractivity contribution in [3.05, 3.63) is 35.9 Å². The number of carbonyl (C=O) groups excluding carboxylic acids is 2. The summed E-state index contributed by atoms with van der Waals surface area (Å²) in [4.78, 5) is 28.4. The molecule has 1 aromatic rings. The molecule has 1 aromatic carbocycles. The number of rotatable bonds is 3. The van der Waals surface area contributed by atoms with Gasteiger partial charge in [-0.15, -0.1) is 0 Å². The summed E-state index contributed by atoms with van der Waals surface area (Å²) in [5, 5.41) is 2.99. The van der Waals surface area contributed by atoms with Crippen LogP contribution in [-0.2, 0) is 11.2 Å². The number of benzene rings is 1. The van der Waals surface area contributed by atoms with E-state index in [9.17, 15) is 9.59 Å². The van der Waals surface area contributed by atoms with Gasteiger partial charge in [0.2, 0.25) is 5.91 Å². The Balaban J connectivity index is 1.83. The Labute approximate surface area is 145 Å². The van der Waals surface area contributed by atoms with E-state index >= 15 is 0 Å². The van der Waals surface area contributed by atoms with Crippen molar-refractivity contribution >= 4 is 11.9 Å². The maximum Gasteiger partial charge on any atom is 0.317 e. The molecule has 1 saturated heterocycles. The van der Waals surface area contributed by atoms with Gasteiger partial charge in [0.05, 0.1) is 6.42 Å². The molecule has 1 aliphatic heterocycles. The molecule has 132 valence electrons. The Hall–Kier alpha value is -2.04. The molecule has 1 fully saturated rings. The van der Waals surface area contributed by atoms with Crippen LogP contribution in [0, 0.1) is 5.41 Å². The molecule has 1 N–H and O–H groups in total. The van der Waals surface area contributed by atoms with E-state index in [1.165, 1.54) is 0 Å². The Morgan fingerprint density at radius 2 is 1.62 bits per heavy atom. The van der Waals surface area contributed by atoms with Gasteiger partial charge in [0.15, 0.2) is 0 Å². The molecule has 0 radical (unpaired) electrons. The van der Waals surface area contributed by atoms with Crippen molar-refractivity contribution in [3.63, 3.8) is 0 Å². The van der Waals surface area contributed by atoms with Crippen LogP contribution in [0.4, 0.5) is 4.79 Å². The Morgan fingerprint density at radius 3 is 2.29 bits per heavy atom. The van der Waals surface area contributed by atoms with Gasteiger partial charge in [0, 0.05) is 32.7 Å². The topological polar surface area (TPSA) is 52.7 Å². The fourth-order valence-electron chi connectivity index (χ4n) is 2.70. The van der Waals surface area contributed by atoms with E-state index in [0.717, 1.165) is 12.0 Å². The summed E-state index contributed by atoms with van der Waals surface area (Å²) in [5.74, 6) is 0.137. The van der Waals surface area contributed by atoms with Gasteiger partial charge in [-0.25, -0.2) is 4.79 Å². The molecular weight excluding hydrogens is 302 g/mol. The van der Waals surface area contributed by atoms with Gasteiger partial charge >= 0.3 is 6.03 Å². The van der Waals surface area contributed by atoms with Crippen LogP contribution >= 0.6 is 0 Å². The molecule has 5 nitrogen and oxygen atoms in total. The van der Waals surface area contributed by atoms with Crippen molar-refractivity contribution in [2.45, 2.75) is 33.6 Å². The second kappa shape index (κ2) is 8.18. The molecule has 2 rings (SSSR count). The highest BCUT2D eigenvalue weighted by Gasteiger charge is 2.22. The van der Waals surface area contributed by atoms with Crippen LogP contribution in [0.2, 0.25) is 0 Å². The summed E-state index contributed by atoms with van der Waals surface area (Å²) in [6.45, 7) is 9.56. The first-order valence-electron chi connectivity index (χ1n) is 8.70. The molecule has 3 amide bonds. The lowest BCUT2D eigenvalue weighted by molar-refractivity contribution is -0.130. The smallest absolute Gasteiger partial charge is 0.317 e. The second-order valence-electron chi connectivity index (χ2n) is 7.60. The van der Waals surface area contributed by atoms with E-state index in [1.54, 1.807) is 0 Å². The zero-order chi connectivity index (χ0) is 17.6. The summed E-state index contributed by atoms with van der Waals surface area (Å²) in [6.07, 6.45) is 1.25. The summed E-state index contributed by atoms with van der Waals surface area (Å²) < 4.78 is 0. The molecule has 0 unspecified atom stereocenters. The molecule has 0 aliphatic carbocycles. The third-order valence-corrected chi connectivity index (χ3v) is 4.10. The van der Waals surface area contributed by atoms with Crippen molar-refractivity contribution < 1.29 is 9.59 Å². The van der Waals surface area contributed by atoms with Crippen molar-refractivity contribution in [2.75, 3.05) is 32.7 Å². The molecule has 0 bridgehead atoms. The Morgan fingerprint density at radius 1 is 1.00 bits per heavy atom. The van der Waals surface area contributed by atoms with E-state index in [-0.39, 0.29) is 17.4 Å². The molecule has 0 spiro atoms. The van der Waals surface area contributed by atoms with Gasteiger partial charge in [-0.2, -0.15) is 0 Å². The van der Waals surface area contributed by atoms with Crippen molar-refractivity contribution in [1.29, 1.82) is 0 Å². The quantitative estimate of drug-likeness (QED) is 0.925. The minimum atomic E-state index is -0.0257. The van der Waals surface area contributed by atoms with Crippen molar-refractivity contribution in [3.8, 4) is 0 Å². The number of nitrogens with zero attached hydrogens (tertiary/aromatic N) is 2. The first kappa shape index (κ1) is 18.3. The van der Waals surface area contributed by atoms with Gasteiger partial charge < -0.3 is 15.1 Å². The van der Waals surface area contributed by atoms with E-state index in [0.29, 0.717) is 39.1 Å². The predicted octanol–water partition coefficient (Wildman–Crippen LogP) is 2.52.